The standard InChI is InChI=1S/C35H40N4O6/c36-26-30(24-28-6-10-32(11-7-28)38-14-20-42-21-15-38)34(40)44-18-4-2-1-3-5-19-45-35(41)31(27-37)25-29-8-12-33(13-9-29)39-16-22-43-23-17-39/h6-13,24-25H,1-5,14-23H2. The van der Waals surface area contributed by atoms with Gasteiger partial charge in [0.25, 0.3) is 0 Å². The van der Waals surface area contributed by atoms with Gasteiger partial charge >= 0.3 is 11.9 Å². The van der Waals surface area contributed by atoms with Gasteiger partial charge in [0.1, 0.15) is 23.3 Å². The van der Waals surface area contributed by atoms with Gasteiger partial charge in [-0.15, -0.1) is 0 Å². The van der Waals surface area contributed by atoms with Gasteiger partial charge in [-0.1, -0.05) is 43.5 Å². The molecule has 10 nitrogen and oxygen atoms in total. The van der Waals surface area contributed by atoms with Crippen LogP contribution >= 0.6 is 0 Å². The molecule has 0 aliphatic carbocycles. The Morgan fingerprint density at radius 3 is 1.33 bits per heavy atom. The highest BCUT2D eigenvalue weighted by Gasteiger charge is 2.14. The van der Waals surface area contributed by atoms with Gasteiger partial charge < -0.3 is 28.7 Å². The van der Waals surface area contributed by atoms with Crippen LogP contribution in [0.4, 0.5) is 11.4 Å². The normalized spacial score (nSPS) is 15.6. The zero-order valence-corrected chi connectivity index (χ0v) is 25.6. The number of carbonyl (C=O) groups is 2. The summed E-state index contributed by atoms with van der Waals surface area (Å²) in [5, 5.41) is 18.9. The Morgan fingerprint density at radius 2 is 0.978 bits per heavy atom. The number of morpholine rings is 2. The molecule has 0 saturated carbocycles. The van der Waals surface area contributed by atoms with Crippen LogP contribution in [-0.4, -0.2) is 77.8 Å². The number of carbonyl (C=O) groups excluding carboxylic acids is 2. The Labute approximate surface area is 265 Å². The Hall–Kier alpha value is -4.64. The number of nitrogens with zero attached hydrogens (tertiary/aromatic N) is 4. The molecule has 2 aromatic carbocycles. The molecular formula is C35H40N4O6. The molecule has 0 bridgehead atoms. The number of ether oxygens (including phenoxy) is 4. The summed E-state index contributed by atoms with van der Waals surface area (Å²) < 4.78 is 21.4. The van der Waals surface area contributed by atoms with E-state index in [1.165, 1.54) is 0 Å². The summed E-state index contributed by atoms with van der Waals surface area (Å²) in [5.74, 6) is -1.26. The number of rotatable bonds is 14. The molecule has 0 aromatic heterocycles. The molecule has 2 aromatic rings. The van der Waals surface area contributed by atoms with Crippen molar-refractivity contribution in [1.82, 2.24) is 0 Å². The predicted octanol–water partition coefficient (Wildman–Crippen LogP) is 4.91. The highest BCUT2D eigenvalue weighted by Crippen LogP contribution is 2.20. The second-order valence-corrected chi connectivity index (χ2v) is 10.8. The molecule has 2 saturated heterocycles. The van der Waals surface area contributed by atoms with Gasteiger partial charge in [0.15, 0.2) is 0 Å². The lowest BCUT2D eigenvalue weighted by molar-refractivity contribution is -0.139. The van der Waals surface area contributed by atoms with E-state index >= 15 is 0 Å². The molecule has 45 heavy (non-hydrogen) atoms. The average molecular weight is 613 g/mol. The van der Waals surface area contributed by atoms with E-state index in [4.69, 9.17) is 18.9 Å². The molecule has 2 heterocycles. The van der Waals surface area contributed by atoms with Crippen molar-refractivity contribution in [3.05, 3.63) is 70.8 Å². The maximum Gasteiger partial charge on any atom is 0.348 e. The maximum absolute atomic E-state index is 12.4. The minimum atomic E-state index is -0.629. The van der Waals surface area contributed by atoms with Crippen molar-refractivity contribution >= 4 is 35.5 Å². The van der Waals surface area contributed by atoms with Crippen molar-refractivity contribution in [2.45, 2.75) is 32.1 Å². The first kappa shape index (κ1) is 33.3. The van der Waals surface area contributed by atoms with E-state index in [0.29, 0.717) is 39.3 Å². The van der Waals surface area contributed by atoms with Gasteiger partial charge in [-0.25, -0.2) is 9.59 Å². The number of nitriles is 2. The average Bonchev–Trinajstić information content (AvgIpc) is 3.10. The van der Waals surface area contributed by atoms with E-state index < -0.39 is 11.9 Å². The van der Waals surface area contributed by atoms with Gasteiger partial charge in [0.2, 0.25) is 0 Å². The van der Waals surface area contributed by atoms with Crippen molar-refractivity contribution in [3.8, 4) is 12.1 Å². The molecule has 0 atom stereocenters. The predicted molar refractivity (Wildman–Crippen MR) is 171 cm³/mol. The third kappa shape index (κ3) is 10.8. The van der Waals surface area contributed by atoms with Gasteiger partial charge in [-0.3, -0.25) is 0 Å². The number of hydrogen-bond donors (Lipinski definition) is 0. The van der Waals surface area contributed by atoms with E-state index in [1.807, 2.05) is 60.7 Å². The molecule has 0 N–H and O–H groups in total. The van der Waals surface area contributed by atoms with Crippen molar-refractivity contribution in [3.63, 3.8) is 0 Å². The second-order valence-electron chi connectivity index (χ2n) is 10.8. The molecule has 4 rings (SSSR count). The Kier molecular flexibility index (Phi) is 13.5. The monoisotopic (exact) mass is 612 g/mol. The van der Waals surface area contributed by atoms with Crippen molar-refractivity contribution in [1.29, 1.82) is 10.5 Å². The van der Waals surface area contributed by atoms with E-state index in [1.54, 1.807) is 12.2 Å². The lowest BCUT2D eigenvalue weighted by Crippen LogP contribution is -2.36. The van der Waals surface area contributed by atoms with Crippen LogP contribution in [-0.2, 0) is 28.5 Å². The van der Waals surface area contributed by atoms with Gasteiger partial charge in [-0.2, -0.15) is 10.5 Å². The van der Waals surface area contributed by atoms with E-state index in [-0.39, 0.29) is 24.4 Å². The zero-order chi connectivity index (χ0) is 31.7. The molecular weight excluding hydrogens is 572 g/mol. The van der Waals surface area contributed by atoms with Crippen LogP contribution in [0.1, 0.15) is 43.2 Å². The van der Waals surface area contributed by atoms with Crippen molar-refractivity contribution < 1.29 is 28.5 Å². The fourth-order valence-corrected chi connectivity index (χ4v) is 5.03. The third-order valence-corrected chi connectivity index (χ3v) is 7.60. The van der Waals surface area contributed by atoms with Gasteiger partial charge in [0.05, 0.1) is 39.6 Å². The summed E-state index contributed by atoms with van der Waals surface area (Å²) >= 11 is 0. The Balaban J connectivity index is 1.08. The van der Waals surface area contributed by atoms with Gasteiger partial charge in [-0.05, 0) is 60.4 Å². The van der Waals surface area contributed by atoms with Crippen LogP contribution in [0.2, 0.25) is 0 Å². The van der Waals surface area contributed by atoms with Crippen LogP contribution in [0.15, 0.2) is 59.7 Å². The summed E-state index contributed by atoms with van der Waals surface area (Å²) in [6, 6.07) is 19.3. The highest BCUT2D eigenvalue weighted by atomic mass is 16.5. The largest absolute Gasteiger partial charge is 0.462 e. The number of benzene rings is 2. The van der Waals surface area contributed by atoms with Crippen molar-refractivity contribution in [2.75, 3.05) is 75.6 Å². The Morgan fingerprint density at radius 1 is 0.622 bits per heavy atom. The smallest absolute Gasteiger partial charge is 0.348 e. The SMILES string of the molecule is N#CC(=Cc1ccc(N2CCOCC2)cc1)C(=O)OCCCCCCCOC(=O)C(C#N)=Cc1ccc(N2CCOCC2)cc1. The van der Waals surface area contributed by atoms with Crippen molar-refractivity contribution in [2.24, 2.45) is 0 Å². The van der Waals surface area contributed by atoms with Crippen LogP contribution in [0, 0.1) is 22.7 Å². The second kappa shape index (κ2) is 18.2. The number of anilines is 2. The quantitative estimate of drug-likeness (QED) is 0.126. The molecule has 10 heteroatoms. The lowest BCUT2D eigenvalue weighted by atomic mass is 10.1. The van der Waals surface area contributed by atoms with Crippen LogP contribution < -0.4 is 9.80 Å². The molecule has 0 amide bonds. The fraction of sp³-hybridized carbons (Fsp3) is 0.429. The van der Waals surface area contributed by atoms with Crippen LogP contribution in [0.25, 0.3) is 12.2 Å². The summed E-state index contributed by atoms with van der Waals surface area (Å²) in [7, 11) is 0. The lowest BCUT2D eigenvalue weighted by Gasteiger charge is -2.28. The minimum Gasteiger partial charge on any atom is -0.462 e. The van der Waals surface area contributed by atoms with Crippen LogP contribution in [0.5, 0.6) is 0 Å². The molecule has 2 fully saturated rings. The third-order valence-electron chi connectivity index (χ3n) is 7.60. The minimum absolute atomic E-state index is 0.0354. The van der Waals surface area contributed by atoms with E-state index in [0.717, 1.165) is 67.9 Å². The first-order chi connectivity index (χ1) is 22.1. The molecule has 236 valence electrons. The van der Waals surface area contributed by atoms with E-state index in [2.05, 4.69) is 9.80 Å². The first-order valence-electron chi connectivity index (χ1n) is 15.5. The molecule has 0 radical (unpaired) electrons. The highest BCUT2D eigenvalue weighted by molar-refractivity contribution is 5.98. The first-order valence-corrected chi connectivity index (χ1v) is 15.5. The summed E-state index contributed by atoms with van der Waals surface area (Å²) in [5.41, 5.74) is 3.62. The summed E-state index contributed by atoms with van der Waals surface area (Å²) in [6.45, 7) is 6.63. The molecule has 2 aliphatic rings. The maximum atomic E-state index is 12.4. The van der Waals surface area contributed by atoms with Crippen LogP contribution in [0.3, 0.4) is 0 Å². The molecule has 2 aliphatic heterocycles. The fourth-order valence-electron chi connectivity index (χ4n) is 5.03. The zero-order valence-electron chi connectivity index (χ0n) is 25.6. The molecule has 0 spiro atoms. The number of unbranched alkanes of at least 4 members (excludes halogenated alkanes) is 4. The number of hydrogen-bond acceptors (Lipinski definition) is 10. The summed E-state index contributed by atoms with van der Waals surface area (Å²) in [4.78, 5) is 29.3. The van der Waals surface area contributed by atoms with Gasteiger partial charge in [0, 0.05) is 37.6 Å². The Bertz CT molecular complexity index is 1290. The molecule has 0 unspecified atom stereocenters. The number of esters is 2. The summed E-state index contributed by atoms with van der Waals surface area (Å²) in [6.07, 6.45) is 6.97. The topological polar surface area (TPSA) is 125 Å². The van der Waals surface area contributed by atoms with E-state index in [9.17, 15) is 20.1 Å².